The van der Waals surface area contributed by atoms with E-state index in [1.54, 1.807) is 6.92 Å². The fourth-order valence-corrected chi connectivity index (χ4v) is 1.53. The number of hydrogen-bond acceptors (Lipinski definition) is 5. The highest BCUT2D eigenvalue weighted by Gasteiger charge is 2.18. The molecule has 1 aromatic carbocycles. The molecule has 0 saturated heterocycles. The predicted molar refractivity (Wildman–Crippen MR) is 70.7 cm³/mol. The van der Waals surface area contributed by atoms with Gasteiger partial charge in [-0.1, -0.05) is 0 Å². The van der Waals surface area contributed by atoms with E-state index in [9.17, 15) is 9.59 Å². The maximum Gasteiger partial charge on any atom is 0.335 e. The molecular formula is C13H17NO6. The zero-order valence-corrected chi connectivity index (χ0v) is 11.6. The van der Waals surface area contributed by atoms with Crippen molar-refractivity contribution >= 4 is 11.9 Å². The van der Waals surface area contributed by atoms with E-state index in [-0.39, 0.29) is 35.3 Å². The van der Waals surface area contributed by atoms with Gasteiger partial charge >= 0.3 is 5.97 Å². The Morgan fingerprint density at radius 3 is 2.15 bits per heavy atom. The van der Waals surface area contributed by atoms with Crippen molar-refractivity contribution in [3.8, 4) is 17.2 Å². The fourth-order valence-electron chi connectivity index (χ4n) is 1.53. The summed E-state index contributed by atoms with van der Waals surface area (Å²) in [7, 11) is 2.75. The van der Waals surface area contributed by atoms with E-state index in [1.807, 2.05) is 0 Å². The zero-order valence-electron chi connectivity index (χ0n) is 11.6. The standard InChI is InChI=1S/C13H17NO6/c1-4-14-11(15)7-20-12-9(18-2)5-8(13(16)17)6-10(12)19-3/h5-6H,4,7H2,1-3H3,(H,14,15)(H,16,17). The number of rotatable bonds is 7. The van der Waals surface area contributed by atoms with Gasteiger partial charge < -0.3 is 24.6 Å². The lowest BCUT2D eigenvalue weighted by Gasteiger charge is -2.14. The van der Waals surface area contributed by atoms with Gasteiger partial charge in [-0.15, -0.1) is 0 Å². The number of carboxylic acids is 1. The van der Waals surface area contributed by atoms with Crippen LogP contribution in [0.3, 0.4) is 0 Å². The number of likely N-dealkylation sites (N-methyl/N-ethyl adjacent to an activating group) is 1. The normalized spacial score (nSPS) is 9.75. The third-order valence-electron chi connectivity index (χ3n) is 2.43. The van der Waals surface area contributed by atoms with Gasteiger partial charge in [-0.05, 0) is 19.1 Å². The van der Waals surface area contributed by atoms with Crippen molar-refractivity contribution in [2.75, 3.05) is 27.4 Å². The molecule has 0 fully saturated rings. The number of benzene rings is 1. The zero-order chi connectivity index (χ0) is 15.1. The fraction of sp³-hybridized carbons (Fsp3) is 0.385. The average Bonchev–Trinajstić information content (AvgIpc) is 2.44. The molecule has 20 heavy (non-hydrogen) atoms. The Bertz CT molecular complexity index is 475. The van der Waals surface area contributed by atoms with Crippen LogP contribution < -0.4 is 19.5 Å². The largest absolute Gasteiger partial charge is 0.493 e. The molecule has 2 N–H and O–H groups in total. The Morgan fingerprint density at radius 1 is 1.20 bits per heavy atom. The molecule has 0 aromatic heterocycles. The second-order valence-corrected chi connectivity index (χ2v) is 3.76. The number of ether oxygens (including phenoxy) is 3. The van der Waals surface area contributed by atoms with E-state index in [2.05, 4.69) is 5.32 Å². The van der Waals surface area contributed by atoms with Gasteiger partial charge in [-0.3, -0.25) is 4.79 Å². The monoisotopic (exact) mass is 283 g/mol. The summed E-state index contributed by atoms with van der Waals surface area (Å²) >= 11 is 0. The highest BCUT2D eigenvalue weighted by Crippen LogP contribution is 2.38. The molecule has 0 radical (unpaired) electrons. The molecule has 0 heterocycles. The van der Waals surface area contributed by atoms with Crippen LogP contribution in [-0.4, -0.2) is 44.4 Å². The van der Waals surface area contributed by atoms with Gasteiger partial charge in [-0.25, -0.2) is 4.79 Å². The van der Waals surface area contributed by atoms with Crippen molar-refractivity contribution in [2.45, 2.75) is 6.92 Å². The third kappa shape index (κ3) is 3.78. The first-order chi connectivity index (χ1) is 9.53. The predicted octanol–water partition coefficient (Wildman–Crippen LogP) is 0.917. The molecule has 0 unspecified atom stereocenters. The summed E-state index contributed by atoms with van der Waals surface area (Å²) in [6.07, 6.45) is 0. The van der Waals surface area contributed by atoms with Gasteiger partial charge in [0, 0.05) is 6.54 Å². The van der Waals surface area contributed by atoms with E-state index in [4.69, 9.17) is 19.3 Å². The van der Waals surface area contributed by atoms with Crippen molar-refractivity contribution in [1.29, 1.82) is 0 Å². The summed E-state index contributed by atoms with van der Waals surface area (Å²) in [6, 6.07) is 2.61. The molecule has 110 valence electrons. The molecule has 0 aliphatic carbocycles. The van der Waals surface area contributed by atoms with Crippen molar-refractivity contribution in [3.05, 3.63) is 17.7 Å². The average molecular weight is 283 g/mol. The molecule has 0 spiro atoms. The van der Waals surface area contributed by atoms with Gasteiger partial charge in [0.2, 0.25) is 5.75 Å². The Morgan fingerprint density at radius 2 is 1.75 bits per heavy atom. The lowest BCUT2D eigenvalue weighted by Crippen LogP contribution is -2.28. The minimum absolute atomic E-state index is 0.00376. The molecule has 7 heteroatoms. The minimum atomic E-state index is -1.11. The van der Waals surface area contributed by atoms with E-state index < -0.39 is 5.97 Å². The molecule has 0 aliphatic heterocycles. The Labute approximate surface area is 116 Å². The van der Waals surface area contributed by atoms with Crippen molar-refractivity contribution < 1.29 is 28.9 Å². The number of nitrogens with one attached hydrogen (secondary N) is 1. The lowest BCUT2D eigenvalue weighted by molar-refractivity contribution is -0.123. The number of amides is 1. The minimum Gasteiger partial charge on any atom is -0.493 e. The van der Waals surface area contributed by atoms with E-state index in [0.717, 1.165) is 0 Å². The molecular weight excluding hydrogens is 266 g/mol. The lowest BCUT2D eigenvalue weighted by atomic mass is 10.2. The first-order valence-electron chi connectivity index (χ1n) is 5.92. The number of carbonyl (C=O) groups is 2. The van der Waals surface area contributed by atoms with Crippen LogP contribution in [0.4, 0.5) is 0 Å². The molecule has 0 atom stereocenters. The summed E-state index contributed by atoms with van der Waals surface area (Å²) in [5.74, 6) is -0.848. The quantitative estimate of drug-likeness (QED) is 0.772. The summed E-state index contributed by atoms with van der Waals surface area (Å²) in [5, 5.41) is 11.6. The van der Waals surface area contributed by atoms with Crippen LogP contribution in [0.5, 0.6) is 17.2 Å². The molecule has 1 rings (SSSR count). The SMILES string of the molecule is CCNC(=O)COc1c(OC)cc(C(=O)O)cc1OC. The maximum atomic E-state index is 11.4. The first kappa shape index (κ1) is 15.6. The second kappa shape index (κ2) is 7.22. The number of hydrogen-bond donors (Lipinski definition) is 2. The summed E-state index contributed by atoms with van der Waals surface area (Å²) in [5.41, 5.74) is 0.00376. The summed E-state index contributed by atoms with van der Waals surface area (Å²) in [6.45, 7) is 2.07. The van der Waals surface area contributed by atoms with E-state index >= 15 is 0 Å². The Balaban J connectivity index is 3.04. The number of carboxylic acid groups (broad SMARTS) is 1. The number of methoxy groups -OCH3 is 2. The molecule has 7 nitrogen and oxygen atoms in total. The van der Waals surface area contributed by atoms with Gasteiger partial charge in [0.15, 0.2) is 18.1 Å². The molecule has 1 amide bonds. The number of carbonyl (C=O) groups excluding carboxylic acids is 1. The van der Waals surface area contributed by atoms with E-state index in [0.29, 0.717) is 6.54 Å². The van der Waals surface area contributed by atoms with Crippen molar-refractivity contribution in [1.82, 2.24) is 5.32 Å². The molecule has 0 saturated carbocycles. The summed E-state index contributed by atoms with van der Waals surface area (Å²) < 4.78 is 15.5. The van der Waals surface area contributed by atoms with Crippen LogP contribution in [0.1, 0.15) is 17.3 Å². The van der Waals surface area contributed by atoms with Gasteiger partial charge in [-0.2, -0.15) is 0 Å². The van der Waals surface area contributed by atoms with Crippen LogP contribution >= 0.6 is 0 Å². The Kier molecular flexibility index (Phi) is 5.64. The van der Waals surface area contributed by atoms with Gasteiger partial charge in [0.25, 0.3) is 5.91 Å². The molecule has 0 aliphatic rings. The smallest absolute Gasteiger partial charge is 0.335 e. The van der Waals surface area contributed by atoms with Crippen LogP contribution in [0.15, 0.2) is 12.1 Å². The van der Waals surface area contributed by atoms with Gasteiger partial charge in [0.1, 0.15) is 0 Å². The molecule has 0 bridgehead atoms. The van der Waals surface area contributed by atoms with E-state index in [1.165, 1.54) is 26.4 Å². The topological polar surface area (TPSA) is 94.1 Å². The van der Waals surface area contributed by atoms with Crippen LogP contribution in [0.2, 0.25) is 0 Å². The van der Waals surface area contributed by atoms with Crippen molar-refractivity contribution in [2.24, 2.45) is 0 Å². The second-order valence-electron chi connectivity index (χ2n) is 3.76. The first-order valence-corrected chi connectivity index (χ1v) is 5.92. The van der Waals surface area contributed by atoms with Crippen molar-refractivity contribution in [3.63, 3.8) is 0 Å². The van der Waals surface area contributed by atoms with Crippen LogP contribution in [0, 0.1) is 0 Å². The Hall–Kier alpha value is -2.44. The maximum absolute atomic E-state index is 11.4. The highest BCUT2D eigenvalue weighted by molar-refractivity contribution is 5.89. The molecule has 1 aromatic rings. The van der Waals surface area contributed by atoms with Gasteiger partial charge in [0.05, 0.1) is 19.8 Å². The van der Waals surface area contributed by atoms with Crippen LogP contribution in [0.25, 0.3) is 0 Å². The summed E-state index contributed by atoms with van der Waals surface area (Å²) in [4.78, 5) is 22.4. The number of aromatic carboxylic acids is 1. The highest BCUT2D eigenvalue weighted by atomic mass is 16.5. The third-order valence-corrected chi connectivity index (χ3v) is 2.43. The van der Waals surface area contributed by atoms with Crippen LogP contribution in [-0.2, 0) is 4.79 Å².